The van der Waals surface area contributed by atoms with Crippen molar-refractivity contribution in [2.24, 2.45) is 11.8 Å². The number of nitrogens with one attached hydrogen (secondary N) is 1. The summed E-state index contributed by atoms with van der Waals surface area (Å²) in [5.41, 5.74) is 2.19. The molecule has 1 aromatic heterocycles. The van der Waals surface area contributed by atoms with Gasteiger partial charge in [-0.05, 0) is 37.8 Å². The number of aromatic nitrogens is 2. The van der Waals surface area contributed by atoms with Crippen molar-refractivity contribution in [3.05, 3.63) is 23.3 Å². The monoisotopic (exact) mass is 249 g/mol. The molecule has 0 fully saturated rings. The lowest BCUT2D eigenvalue weighted by molar-refractivity contribution is 0.543. The highest BCUT2D eigenvalue weighted by Gasteiger charge is 2.04. The Morgan fingerprint density at radius 3 is 2.44 bits per heavy atom. The van der Waals surface area contributed by atoms with Crippen LogP contribution in [0.15, 0.2) is 6.07 Å². The molecule has 0 saturated heterocycles. The predicted molar refractivity (Wildman–Crippen MR) is 76.5 cm³/mol. The van der Waals surface area contributed by atoms with Crippen molar-refractivity contribution in [3.63, 3.8) is 0 Å². The van der Waals surface area contributed by atoms with Gasteiger partial charge in [0.2, 0.25) is 0 Å². The highest BCUT2D eigenvalue weighted by molar-refractivity contribution is 5.10. The summed E-state index contributed by atoms with van der Waals surface area (Å²) < 4.78 is 0. The van der Waals surface area contributed by atoms with Crippen LogP contribution in [0.1, 0.15) is 51.3 Å². The first-order valence-electron chi connectivity index (χ1n) is 7.01. The molecule has 0 amide bonds. The molecule has 0 aliphatic carbocycles. The molecule has 0 spiro atoms. The molecule has 0 atom stereocenters. The van der Waals surface area contributed by atoms with E-state index in [2.05, 4.69) is 49.0 Å². The molecule has 1 N–H and O–H groups in total. The van der Waals surface area contributed by atoms with E-state index in [-0.39, 0.29) is 0 Å². The Labute approximate surface area is 111 Å². The fourth-order valence-electron chi connectivity index (χ4n) is 1.81. The Morgan fingerprint density at radius 1 is 1.11 bits per heavy atom. The first-order chi connectivity index (χ1) is 8.47. The molecule has 3 nitrogen and oxygen atoms in total. The SMILES string of the molecule is Cc1cc(CNCC(C)C)nc(CCC(C)C)n1. The Kier molecular flexibility index (Phi) is 6.27. The van der Waals surface area contributed by atoms with E-state index in [0.29, 0.717) is 11.8 Å². The zero-order chi connectivity index (χ0) is 13.5. The third-order valence-corrected chi connectivity index (χ3v) is 2.76. The molecule has 18 heavy (non-hydrogen) atoms. The fourth-order valence-corrected chi connectivity index (χ4v) is 1.81. The standard InChI is InChI=1S/C15H27N3/c1-11(2)6-7-15-17-13(5)8-14(18-15)10-16-9-12(3)4/h8,11-12,16H,6-7,9-10H2,1-5H3. The maximum absolute atomic E-state index is 4.63. The smallest absolute Gasteiger partial charge is 0.128 e. The lowest BCUT2D eigenvalue weighted by Gasteiger charge is -2.09. The molecule has 0 aliphatic heterocycles. The van der Waals surface area contributed by atoms with E-state index >= 15 is 0 Å². The second-order valence-corrected chi connectivity index (χ2v) is 5.87. The number of hydrogen-bond donors (Lipinski definition) is 1. The van der Waals surface area contributed by atoms with Crippen molar-refractivity contribution in [2.45, 2.75) is 54.0 Å². The van der Waals surface area contributed by atoms with Crippen LogP contribution < -0.4 is 5.32 Å². The molecule has 0 radical (unpaired) electrons. The van der Waals surface area contributed by atoms with E-state index in [1.54, 1.807) is 0 Å². The number of hydrogen-bond acceptors (Lipinski definition) is 3. The minimum atomic E-state index is 0.674. The summed E-state index contributed by atoms with van der Waals surface area (Å²) >= 11 is 0. The fraction of sp³-hybridized carbons (Fsp3) is 0.733. The minimum Gasteiger partial charge on any atom is -0.311 e. The molecule has 0 aromatic carbocycles. The Balaban J connectivity index is 2.57. The predicted octanol–water partition coefficient (Wildman–Crippen LogP) is 3.12. The van der Waals surface area contributed by atoms with Gasteiger partial charge in [-0.25, -0.2) is 9.97 Å². The Hall–Kier alpha value is -0.960. The van der Waals surface area contributed by atoms with Crippen LogP contribution in [0.3, 0.4) is 0 Å². The third kappa shape index (κ3) is 6.10. The summed E-state index contributed by atoms with van der Waals surface area (Å²) in [5, 5.41) is 3.43. The molecule has 1 rings (SSSR count). The molecular formula is C15H27N3. The van der Waals surface area contributed by atoms with Gasteiger partial charge in [0.15, 0.2) is 0 Å². The molecule has 0 aliphatic rings. The van der Waals surface area contributed by atoms with Crippen molar-refractivity contribution in [3.8, 4) is 0 Å². The maximum atomic E-state index is 4.63. The molecule has 1 aromatic rings. The van der Waals surface area contributed by atoms with E-state index in [0.717, 1.165) is 43.1 Å². The van der Waals surface area contributed by atoms with Gasteiger partial charge in [0.1, 0.15) is 5.82 Å². The first kappa shape index (κ1) is 15.1. The highest BCUT2D eigenvalue weighted by Crippen LogP contribution is 2.07. The van der Waals surface area contributed by atoms with Crippen LogP contribution in [0, 0.1) is 18.8 Å². The van der Waals surface area contributed by atoms with Crippen molar-refractivity contribution < 1.29 is 0 Å². The molecule has 102 valence electrons. The topological polar surface area (TPSA) is 37.8 Å². The van der Waals surface area contributed by atoms with Gasteiger partial charge in [-0.15, -0.1) is 0 Å². The van der Waals surface area contributed by atoms with Crippen LogP contribution in [0.2, 0.25) is 0 Å². The van der Waals surface area contributed by atoms with Crippen molar-refractivity contribution in [1.29, 1.82) is 0 Å². The van der Waals surface area contributed by atoms with Crippen LogP contribution in [-0.2, 0) is 13.0 Å². The van der Waals surface area contributed by atoms with Crippen LogP contribution >= 0.6 is 0 Å². The van der Waals surface area contributed by atoms with Gasteiger partial charge in [-0.1, -0.05) is 27.7 Å². The van der Waals surface area contributed by atoms with Crippen LogP contribution in [0.5, 0.6) is 0 Å². The van der Waals surface area contributed by atoms with E-state index in [1.165, 1.54) is 0 Å². The van der Waals surface area contributed by atoms with Gasteiger partial charge in [-0.3, -0.25) is 0 Å². The molecule has 0 saturated carbocycles. The second-order valence-electron chi connectivity index (χ2n) is 5.87. The normalized spacial score (nSPS) is 11.5. The van der Waals surface area contributed by atoms with Gasteiger partial charge < -0.3 is 5.32 Å². The third-order valence-electron chi connectivity index (χ3n) is 2.76. The van der Waals surface area contributed by atoms with Crippen LogP contribution in [0.4, 0.5) is 0 Å². The molecule has 1 heterocycles. The second kappa shape index (κ2) is 7.47. The minimum absolute atomic E-state index is 0.674. The van der Waals surface area contributed by atoms with Crippen LogP contribution in [0.25, 0.3) is 0 Å². The van der Waals surface area contributed by atoms with E-state index < -0.39 is 0 Å². The van der Waals surface area contributed by atoms with E-state index in [9.17, 15) is 0 Å². The van der Waals surface area contributed by atoms with Gasteiger partial charge in [0.25, 0.3) is 0 Å². The lowest BCUT2D eigenvalue weighted by atomic mass is 10.1. The largest absolute Gasteiger partial charge is 0.311 e. The summed E-state index contributed by atoms with van der Waals surface area (Å²) in [6, 6.07) is 2.08. The number of rotatable bonds is 7. The maximum Gasteiger partial charge on any atom is 0.128 e. The summed E-state index contributed by atoms with van der Waals surface area (Å²) in [4.78, 5) is 9.14. The van der Waals surface area contributed by atoms with Gasteiger partial charge in [0.05, 0.1) is 5.69 Å². The zero-order valence-corrected chi connectivity index (χ0v) is 12.5. The summed E-state index contributed by atoms with van der Waals surface area (Å²) in [6.45, 7) is 12.8. The first-order valence-corrected chi connectivity index (χ1v) is 7.01. The Bertz CT molecular complexity index is 359. The lowest BCUT2D eigenvalue weighted by Crippen LogP contribution is -2.20. The summed E-state index contributed by atoms with van der Waals surface area (Å²) in [7, 11) is 0. The number of nitrogens with zero attached hydrogens (tertiary/aromatic N) is 2. The molecule has 3 heteroatoms. The van der Waals surface area contributed by atoms with E-state index in [1.807, 2.05) is 6.92 Å². The quantitative estimate of drug-likeness (QED) is 0.807. The zero-order valence-electron chi connectivity index (χ0n) is 12.5. The average molecular weight is 249 g/mol. The molecule has 0 bridgehead atoms. The van der Waals surface area contributed by atoms with Crippen molar-refractivity contribution in [2.75, 3.05) is 6.54 Å². The van der Waals surface area contributed by atoms with E-state index in [4.69, 9.17) is 0 Å². The summed E-state index contributed by atoms with van der Waals surface area (Å²) in [6.07, 6.45) is 2.14. The number of aryl methyl sites for hydroxylation is 2. The average Bonchev–Trinajstić information content (AvgIpc) is 2.25. The van der Waals surface area contributed by atoms with Gasteiger partial charge >= 0.3 is 0 Å². The van der Waals surface area contributed by atoms with Crippen molar-refractivity contribution in [1.82, 2.24) is 15.3 Å². The van der Waals surface area contributed by atoms with Gasteiger partial charge in [-0.2, -0.15) is 0 Å². The highest BCUT2D eigenvalue weighted by atomic mass is 14.9. The molecular weight excluding hydrogens is 222 g/mol. The van der Waals surface area contributed by atoms with Gasteiger partial charge in [0, 0.05) is 18.7 Å². The Morgan fingerprint density at radius 2 is 1.83 bits per heavy atom. The molecule has 0 unspecified atom stereocenters. The summed E-state index contributed by atoms with van der Waals surface area (Å²) in [5.74, 6) is 2.37. The van der Waals surface area contributed by atoms with Crippen molar-refractivity contribution >= 4 is 0 Å². The van der Waals surface area contributed by atoms with Crippen LogP contribution in [-0.4, -0.2) is 16.5 Å².